The van der Waals surface area contributed by atoms with Gasteiger partial charge in [-0.05, 0) is 36.8 Å². The Balaban J connectivity index is 1.66. The Hall–Kier alpha value is -0.830. The van der Waals surface area contributed by atoms with Gasteiger partial charge in [-0.3, -0.25) is 4.79 Å². The lowest BCUT2D eigenvalue weighted by atomic mass is 9.83. The molecule has 1 saturated carbocycles. The highest BCUT2D eigenvalue weighted by atomic mass is 79.9. The number of nitrogens with one attached hydrogen (secondary N) is 1. The molecule has 2 nitrogen and oxygen atoms in total. The molecule has 2 aliphatic rings. The van der Waals surface area contributed by atoms with E-state index in [4.69, 9.17) is 0 Å². The summed E-state index contributed by atoms with van der Waals surface area (Å²) in [6.07, 6.45) is 7.81. The predicted molar refractivity (Wildman–Crippen MR) is 85.1 cm³/mol. The highest BCUT2D eigenvalue weighted by Crippen LogP contribution is 2.32. The zero-order chi connectivity index (χ0) is 14.0. The molecule has 0 spiro atoms. The summed E-state index contributed by atoms with van der Waals surface area (Å²) in [6.45, 7) is 0. The molecule has 0 heterocycles. The molecule has 0 saturated heterocycles. The van der Waals surface area contributed by atoms with Crippen LogP contribution in [0.15, 0.2) is 24.3 Å². The largest absolute Gasteiger partial charge is 0.350 e. The molecule has 1 amide bonds. The molecular weight excluding hydrogens is 314 g/mol. The number of hydrogen-bond donors (Lipinski definition) is 1. The van der Waals surface area contributed by atoms with Crippen molar-refractivity contribution >= 4 is 21.8 Å². The number of fused-ring (bicyclic) bond motifs is 1. The molecule has 0 atom stereocenters. The maximum atomic E-state index is 12.6. The van der Waals surface area contributed by atoms with E-state index >= 15 is 0 Å². The van der Waals surface area contributed by atoms with E-state index in [9.17, 15) is 4.79 Å². The summed E-state index contributed by atoms with van der Waals surface area (Å²) in [7, 11) is 0. The first-order valence-corrected chi connectivity index (χ1v) is 8.79. The van der Waals surface area contributed by atoms with Gasteiger partial charge < -0.3 is 5.32 Å². The first-order chi connectivity index (χ1) is 9.72. The minimum absolute atomic E-state index is 0.00408. The molecule has 0 unspecified atom stereocenters. The summed E-state index contributed by atoms with van der Waals surface area (Å²) in [4.78, 5) is 12.6. The highest BCUT2D eigenvalue weighted by Gasteiger charge is 2.36. The Bertz CT molecular complexity index is 469. The molecule has 20 heavy (non-hydrogen) atoms. The summed E-state index contributed by atoms with van der Waals surface area (Å²) in [5.41, 5.74) is 2.71. The fraction of sp³-hybridized carbons (Fsp3) is 0.588. The van der Waals surface area contributed by atoms with E-state index in [-0.39, 0.29) is 17.4 Å². The molecule has 1 aromatic carbocycles. The first-order valence-electron chi connectivity index (χ1n) is 7.67. The third-order valence-electron chi connectivity index (χ3n) is 4.88. The molecule has 0 radical (unpaired) electrons. The zero-order valence-electron chi connectivity index (χ0n) is 11.8. The van der Waals surface area contributed by atoms with Crippen molar-refractivity contribution < 1.29 is 4.79 Å². The van der Waals surface area contributed by atoms with Gasteiger partial charge in [0.05, 0.1) is 0 Å². The zero-order valence-corrected chi connectivity index (χ0v) is 13.4. The minimum Gasteiger partial charge on any atom is -0.350 e. The molecule has 0 aromatic heterocycles. The second kappa shape index (κ2) is 5.88. The SMILES string of the molecule is O=C(NC1(CBr)CCCCC1)C1Cc2ccccc2C1. The van der Waals surface area contributed by atoms with Gasteiger partial charge in [-0.1, -0.05) is 59.5 Å². The van der Waals surface area contributed by atoms with E-state index in [1.807, 2.05) is 0 Å². The summed E-state index contributed by atoms with van der Waals surface area (Å²) < 4.78 is 0. The van der Waals surface area contributed by atoms with Crippen LogP contribution in [0.25, 0.3) is 0 Å². The van der Waals surface area contributed by atoms with Gasteiger partial charge in [0.25, 0.3) is 0 Å². The van der Waals surface area contributed by atoms with Crippen molar-refractivity contribution in [3.63, 3.8) is 0 Å². The summed E-state index contributed by atoms with van der Waals surface area (Å²) >= 11 is 3.62. The van der Waals surface area contributed by atoms with Crippen molar-refractivity contribution in [1.29, 1.82) is 0 Å². The van der Waals surface area contributed by atoms with E-state index in [1.54, 1.807) is 0 Å². The molecule has 3 rings (SSSR count). The molecule has 2 aliphatic carbocycles. The fourth-order valence-electron chi connectivity index (χ4n) is 3.63. The number of rotatable bonds is 3. The lowest BCUT2D eigenvalue weighted by Crippen LogP contribution is -2.53. The van der Waals surface area contributed by atoms with Crippen LogP contribution >= 0.6 is 15.9 Å². The van der Waals surface area contributed by atoms with E-state index < -0.39 is 0 Å². The van der Waals surface area contributed by atoms with Gasteiger partial charge in [0, 0.05) is 16.8 Å². The summed E-state index contributed by atoms with van der Waals surface area (Å²) in [6, 6.07) is 8.45. The number of carbonyl (C=O) groups excluding carboxylic acids is 1. The molecule has 1 fully saturated rings. The maximum Gasteiger partial charge on any atom is 0.224 e. The van der Waals surface area contributed by atoms with Crippen molar-refractivity contribution in [1.82, 2.24) is 5.32 Å². The number of benzene rings is 1. The number of carbonyl (C=O) groups is 1. The number of amides is 1. The van der Waals surface area contributed by atoms with Crippen LogP contribution in [-0.4, -0.2) is 16.8 Å². The number of hydrogen-bond acceptors (Lipinski definition) is 1. The average molecular weight is 336 g/mol. The fourth-order valence-corrected chi connectivity index (χ4v) is 4.33. The molecule has 1 aromatic rings. The number of alkyl halides is 1. The third kappa shape index (κ3) is 2.78. The second-order valence-electron chi connectivity index (χ2n) is 6.34. The van der Waals surface area contributed by atoms with Gasteiger partial charge in [-0.25, -0.2) is 0 Å². The van der Waals surface area contributed by atoms with Gasteiger partial charge in [0.2, 0.25) is 5.91 Å². The lowest BCUT2D eigenvalue weighted by molar-refractivity contribution is -0.126. The number of halogens is 1. The maximum absolute atomic E-state index is 12.6. The Morgan fingerprint density at radius 2 is 1.75 bits per heavy atom. The topological polar surface area (TPSA) is 29.1 Å². The monoisotopic (exact) mass is 335 g/mol. The van der Waals surface area contributed by atoms with E-state index in [0.29, 0.717) is 0 Å². The first kappa shape index (κ1) is 14.1. The Kier molecular flexibility index (Phi) is 4.16. The normalized spacial score (nSPS) is 21.4. The van der Waals surface area contributed by atoms with Crippen molar-refractivity contribution in [3.8, 4) is 0 Å². The highest BCUT2D eigenvalue weighted by molar-refractivity contribution is 9.09. The molecule has 108 valence electrons. The van der Waals surface area contributed by atoms with Crippen molar-refractivity contribution in [2.24, 2.45) is 5.92 Å². The molecule has 0 bridgehead atoms. The van der Waals surface area contributed by atoms with Crippen LogP contribution in [0.5, 0.6) is 0 Å². The smallest absolute Gasteiger partial charge is 0.224 e. The van der Waals surface area contributed by atoms with E-state index in [0.717, 1.165) is 31.0 Å². The molecule has 3 heteroatoms. The second-order valence-corrected chi connectivity index (χ2v) is 6.90. The van der Waals surface area contributed by atoms with Crippen LogP contribution in [0.1, 0.15) is 43.2 Å². The van der Waals surface area contributed by atoms with E-state index in [2.05, 4.69) is 45.5 Å². The van der Waals surface area contributed by atoms with Crippen LogP contribution in [-0.2, 0) is 17.6 Å². The van der Waals surface area contributed by atoms with Crippen LogP contribution in [0.4, 0.5) is 0 Å². The van der Waals surface area contributed by atoms with Gasteiger partial charge in [0.15, 0.2) is 0 Å². The van der Waals surface area contributed by atoms with Crippen LogP contribution in [0.3, 0.4) is 0 Å². The Morgan fingerprint density at radius 1 is 1.15 bits per heavy atom. The average Bonchev–Trinajstić information content (AvgIpc) is 2.92. The van der Waals surface area contributed by atoms with Gasteiger partial charge in [-0.15, -0.1) is 0 Å². The van der Waals surface area contributed by atoms with Gasteiger partial charge in [0.1, 0.15) is 0 Å². The predicted octanol–water partition coefficient (Wildman–Crippen LogP) is 3.62. The summed E-state index contributed by atoms with van der Waals surface area (Å²) in [5, 5.41) is 4.25. The Morgan fingerprint density at radius 3 is 2.30 bits per heavy atom. The van der Waals surface area contributed by atoms with Gasteiger partial charge >= 0.3 is 0 Å². The quantitative estimate of drug-likeness (QED) is 0.840. The van der Waals surface area contributed by atoms with Crippen LogP contribution in [0, 0.1) is 5.92 Å². The lowest BCUT2D eigenvalue weighted by Gasteiger charge is -2.37. The molecular formula is C17H22BrNO. The van der Waals surface area contributed by atoms with Gasteiger partial charge in [-0.2, -0.15) is 0 Å². The molecule has 1 N–H and O–H groups in total. The van der Waals surface area contributed by atoms with Crippen LogP contribution in [0.2, 0.25) is 0 Å². The van der Waals surface area contributed by atoms with Crippen LogP contribution < -0.4 is 5.32 Å². The van der Waals surface area contributed by atoms with Crippen molar-refractivity contribution in [2.45, 2.75) is 50.5 Å². The minimum atomic E-state index is 0.00408. The standard InChI is InChI=1S/C17H22BrNO/c18-12-17(8-4-1-5-9-17)19-16(20)15-10-13-6-2-3-7-14(13)11-15/h2-3,6-7,15H,1,4-5,8-12H2,(H,19,20). The summed E-state index contributed by atoms with van der Waals surface area (Å²) in [5.74, 6) is 0.382. The third-order valence-corrected chi connectivity index (χ3v) is 5.95. The Labute approximate surface area is 129 Å². The van der Waals surface area contributed by atoms with Crippen molar-refractivity contribution in [3.05, 3.63) is 35.4 Å². The van der Waals surface area contributed by atoms with E-state index in [1.165, 1.54) is 30.4 Å². The molecule has 0 aliphatic heterocycles. The van der Waals surface area contributed by atoms with Crippen molar-refractivity contribution in [2.75, 3.05) is 5.33 Å².